The van der Waals surface area contributed by atoms with E-state index in [4.69, 9.17) is 0 Å². The Morgan fingerprint density at radius 2 is 1.90 bits per heavy atom. The fraction of sp³-hybridized carbons (Fsp3) is 0.400. The van der Waals surface area contributed by atoms with Crippen LogP contribution < -0.4 is 5.32 Å². The third-order valence-electron chi connectivity index (χ3n) is 5.12. The van der Waals surface area contributed by atoms with Gasteiger partial charge in [-0.25, -0.2) is 14.3 Å². The van der Waals surface area contributed by atoms with Gasteiger partial charge in [-0.1, -0.05) is 6.07 Å². The van der Waals surface area contributed by atoms with Gasteiger partial charge in [0.1, 0.15) is 5.56 Å². The lowest BCUT2D eigenvalue weighted by atomic mass is 9.96. The number of nitrogens with one attached hydrogen (secondary N) is 1. The number of nitrogens with zero attached hydrogens (tertiary/aromatic N) is 4. The molecule has 3 amide bonds. The van der Waals surface area contributed by atoms with Crippen molar-refractivity contribution in [3.05, 3.63) is 41.7 Å². The van der Waals surface area contributed by atoms with Gasteiger partial charge in [0.15, 0.2) is 0 Å². The zero-order chi connectivity index (χ0) is 21.1. The van der Waals surface area contributed by atoms with Crippen LogP contribution in [0, 0.1) is 12.8 Å². The number of carbonyl (C=O) groups excluding carboxylic acids is 2. The lowest BCUT2D eigenvalue weighted by molar-refractivity contribution is -0.121. The van der Waals surface area contributed by atoms with Crippen LogP contribution in [0.2, 0.25) is 0 Å². The summed E-state index contributed by atoms with van der Waals surface area (Å²) in [6, 6.07) is 7.08. The fourth-order valence-corrected chi connectivity index (χ4v) is 3.46. The lowest BCUT2D eigenvalue weighted by Gasteiger charge is -2.33. The number of rotatable bonds is 4. The van der Waals surface area contributed by atoms with E-state index < -0.39 is 5.97 Å². The molecule has 2 heterocycles. The topological polar surface area (TPSA) is 108 Å². The first-order chi connectivity index (χ1) is 13.8. The molecule has 2 N–H and O–H groups in total. The molecule has 2 aromatic rings. The number of piperidine rings is 1. The van der Waals surface area contributed by atoms with Gasteiger partial charge in [-0.05, 0) is 38.0 Å². The van der Waals surface area contributed by atoms with Crippen LogP contribution in [0.4, 0.5) is 10.5 Å². The molecule has 0 unspecified atom stereocenters. The van der Waals surface area contributed by atoms with Crippen molar-refractivity contribution in [2.24, 2.45) is 5.92 Å². The van der Waals surface area contributed by atoms with E-state index in [0.717, 1.165) is 0 Å². The Labute approximate surface area is 168 Å². The Bertz CT molecular complexity index is 929. The summed E-state index contributed by atoms with van der Waals surface area (Å²) in [7, 11) is 3.43. The van der Waals surface area contributed by atoms with Gasteiger partial charge >= 0.3 is 12.0 Å². The SMILES string of the molecule is Cc1c(C(=O)O)cnn1-c1cccc(NC(=O)C2CCN(C(=O)N(C)C)CC2)c1. The molecule has 0 radical (unpaired) electrons. The van der Waals surface area contributed by atoms with Crippen LogP contribution in [-0.2, 0) is 4.79 Å². The number of aromatic nitrogens is 2. The van der Waals surface area contributed by atoms with E-state index in [2.05, 4.69) is 10.4 Å². The van der Waals surface area contributed by atoms with Gasteiger partial charge in [0.05, 0.1) is 17.6 Å². The van der Waals surface area contributed by atoms with E-state index in [9.17, 15) is 19.5 Å². The van der Waals surface area contributed by atoms with Crippen molar-refractivity contribution in [3.8, 4) is 5.69 Å². The van der Waals surface area contributed by atoms with Crippen molar-refractivity contribution in [2.45, 2.75) is 19.8 Å². The minimum atomic E-state index is -1.03. The molecule has 0 bridgehead atoms. The molecule has 0 atom stereocenters. The first kappa shape index (κ1) is 20.4. The summed E-state index contributed by atoms with van der Waals surface area (Å²) in [5.41, 5.74) is 1.93. The van der Waals surface area contributed by atoms with E-state index in [1.54, 1.807) is 55.1 Å². The van der Waals surface area contributed by atoms with Crippen LogP contribution in [0.1, 0.15) is 28.9 Å². The average Bonchev–Trinajstić information content (AvgIpc) is 3.09. The molecule has 1 aromatic heterocycles. The predicted molar refractivity (Wildman–Crippen MR) is 107 cm³/mol. The Morgan fingerprint density at radius 1 is 1.21 bits per heavy atom. The molecule has 0 spiro atoms. The first-order valence-corrected chi connectivity index (χ1v) is 9.43. The summed E-state index contributed by atoms with van der Waals surface area (Å²) < 4.78 is 1.53. The van der Waals surface area contributed by atoms with Crippen molar-refractivity contribution in [3.63, 3.8) is 0 Å². The van der Waals surface area contributed by atoms with Gasteiger partial charge < -0.3 is 20.2 Å². The van der Waals surface area contributed by atoms with E-state index in [1.165, 1.54) is 10.9 Å². The largest absolute Gasteiger partial charge is 0.478 e. The number of amides is 3. The normalized spacial score (nSPS) is 14.5. The third kappa shape index (κ3) is 4.39. The summed E-state index contributed by atoms with van der Waals surface area (Å²) in [6.07, 6.45) is 2.54. The van der Waals surface area contributed by atoms with Crippen LogP contribution in [0.3, 0.4) is 0 Å². The maximum absolute atomic E-state index is 12.7. The Hall–Kier alpha value is -3.36. The smallest absolute Gasteiger partial charge is 0.339 e. The van der Waals surface area contributed by atoms with Crippen molar-refractivity contribution in [1.29, 1.82) is 0 Å². The Balaban J connectivity index is 1.66. The van der Waals surface area contributed by atoms with E-state index in [0.29, 0.717) is 43.0 Å². The number of hydrogen-bond donors (Lipinski definition) is 2. The van der Waals surface area contributed by atoms with Crippen molar-refractivity contribution in [1.82, 2.24) is 19.6 Å². The number of anilines is 1. The van der Waals surface area contributed by atoms with Crippen LogP contribution in [-0.4, -0.2) is 69.8 Å². The highest BCUT2D eigenvalue weighted by Crippen LogP contribution is 2.22. The number of benzene rings is 1. The molecule has 1 aliphatic heterocycles. The first-order valence-electron chi connectivity index (χ1n) is 9.43. The Morgan fingerprint density at radius 3 is 2.48 bits per heavy atom. The average molecular weight is 399 g/mol. The quantitative estimate of drug-likeness (QED) is 0.820. The van der Waals surface area contributed by atoms with Gasteiger partial charge in [0.25, 0.3) is 0 Å². The highest BCUT2D eigenvalue weighted by atomic mass is 16.4. The van der Waals surface area contributed by atoms with Gasteiger partial charge in [0.2, 0.25) is 5.91 Å². The number of hydrogen-bond acceptors (Lipinski definition) is 4. The van der Waals surface area contributed by atoms with Crippen LogP contribution in [0.15, 0.2) is 30.5 Å². The minimum Gasteiger partial charge on any atom is -0.478 e. The van der Waals surface area contributed by atoms with Crippen molar-refractivity contribution in [2.75, 3.05) is 32.5 Å². The molecule has 1 aromatic carbocycles. The van der Waals surface area contributed by atoms with Gasteiger partial charge in [-0.3, -0.25) is 4.79 Å². The van der Waals surface area contributed by atoms with Crippen LogP contribution in [0.5, 0.6) is 0 Å². The fourth-order valence-electron chi connectivity index (χ4n) is 3.46. The molecule has 9 heteroatoms. The summed E-state index contributed by atoms with van der Waals surface area (Å²) in [5.74, 6) is -1.27. The maximum Gasteiger partial charge on any atom is 0.339 e. The molecule has 3 rings (SSSR count). The molecule has 29 heavy (non-hydrogen) atoms. The zero-order valence-corrected chi connectivity index (χ0v) is 16.8. The highest BCUT2D eigenvalue weighted by molar-refractivity contribution is 5.93. The molecule has 0 saturated carbocycles. The summed E-state index contributed by atoms with van der Waals surface area (Å²) in [6.45, 7) is 2.80. The molecule has 9 nitrogen and oxygen atoms in total. The predicted octanol–water partition coefficient (Wildman–Crippen LogP) is 2.21. The number of carboxylic acid groups (broad SMARTS) is 1. The van der Waals surface area contributed by atoms with Crippen LogP contribution >= 0.6 is 0 Å². The number of carboxylic acids is 1. The standard InChI is InChI=1S/C20H25N5O4/c1-13-17(19(27)28)12-21-25(13)16-6-4-5-15(11-16)22-18(26)14-7-9-24(10-8-14)20(29)23(2)3/h4-6,11-12,14H,7-10H2,1-3H3,(H,22,26)(H,27,28). The van der Waals surface area contributed by atoms with E-state index in [-0.39, 0.29) is 23.4 Å². The number of aromatic carboxylic acids is 1. The molecule has 1 aliphatic rings. The maximum atomic E-state index is 12.7. The second-order valence-corrected chi connectivity index (χ2v) is 7.34. The number of urea groups is 1. The minimum absolute atomic E-state index is 0.0353. The molecular formula is C20H25N5O4. The van der Waals surface area contributed by atoms with E-state index in [1.807, 2.05) is 0 Å². The van der Waals surface area contributed by atoms with Gasteiger partial charge in [0, 0.05) is 38.8 Å². The molecule has 1 saturated heterocycles. The number of carbonyl (C=O) groups is 3. The summed E-state index contributed by atoms with van der Waals surface area (Å²) in [5, 5.41) is 16.3. The molecular weight excluding hydrogens is 374 g/mol. The van der Waals surface area contributed by atoms with Gasteiger partial charge in [-0.15, -0.1) is 0 Å². The third-order valence-corrected chi connectivity index (χ3v) is 5.12. The van der Waals surface area contributed by atoms with Crippen LogP contribution in [0.25, 0.3) is 5.69 Å². The second kappa shape index (κ2) is 8.34. The van der Waals surface area contributed by atoms with E-state index >= 15 is 0 Å². The molecule has 154 valence electrons. The van der Waals surface area contributed by atoms with Crippen molar-refractivity contribution >= 4 is 23.6 Å². The summed E-state index contributed by atoms with van der Waals surface area (Å²) in [4.78, 5) is 39.2. The number of likely N-dealkylation sites (tertiary alicyclic amines) is 1. The molecule has 0 aliphatic carbocycles. The Kier molecular flexibility index (Phi) is 5.86. The monoisotopic (exact) mass is 399 g/mol. The van der Waals surface area contributed by atoms with Crippen molar-refractivity contribution < 1.29 is 19.5 Å². The highest BCUT2D eigenvalue weighted by Gasteiger charge is 2.28. The second-order valence-electron chi connectivity index (χ2n) is 7.34. The van der Waals surface area contributed by atoms with Gasteiger partial charge in [-0.2, -0.15) is 5.10 Å². The zero-order valence-electron chi connectivity index (χ0n) is 16.8. The summed E-state index contributed by atoms with van der Waals surface area (Å²) >= 11 is 0. The lowest BCUT2D eigenvalue weighted by Crippen LogP contribution is -2.45. The molecule has 1 fully saturated rings.